The number of sulfonamides is 1. The van der Waals surface area contributed by atoms with E-state index in [1.54, 1.807) is 24.3 Å². The van der Waals surface area contributed by atoms with Crippen LogP contribution in [-0.2, 0) is 10.0 Å². The number of anilines is 1. The number of H-pyrrole nitrogens is 1. The summed E-state index contributed by atoms with van der Waals surface area (Å²) in [6.07, 6.45) is 2.89. The lowest BCUT2D eigenvalue weighted by molar-refractivity contribution is 0.601. The summed E-state index contributed by atoms with van der Waals surface area (Å²) in [4.78, 5) is 0.223. The maximum absolute atomic E-state index is 12.1. The van der Waals surface area contributed by atoms with Crippen LogP contribution in [0.5, 0.6) is 0 Å². The zero-order valence-corrected chi connectivity index (χ0v) is 11.5. The summed E-state index contributed by atoms with van der Waals surface area (Å²) < 4.78 is 26.6. The number of benzene rings is 1. The lowest BCUT2D eigenvalue weighted by Crippen LogP contribution is -2.14. The Hall–Kier alpha value is -1.86. The fourth-order valence-electron chi connectivity index (χ4n) is 1.62. The predicted molar refractivity (Wildman–Crippen MR) is 73.3 cm³/mol. The first-order valence-electron chi connectivity index (χ1n) is 5.82. The SMILES string of the molecule is CNC(C)c1ccc(S(=O)(=O)Nc2cn[nH]c2)cc1. The molecule has 1 aromatic heterocycles. The molecule has 0 spiro atoms. The van der Waals surface area contributed by atoms with Crippen LogP contribution in [0.25, 0.3) is 0 Å². The Morgan fingerprint density at radius 1 is 1.26 bits per heavy atom. The lowest BCUT2D eigenvalue weighted by atomic mass is 10.1. The molecule has 0 aliphatic carbocycles. The van der Waals surface area contributed by atoms with Gasteiger partial charge < -0.3 is 5.32 Å². The van der Waals surface area contributed by atoms with Crippen molar-refractivity contribution in [2.45, 2.75) is 17.9 Å². The molecule has 0 amide bonds. The second-order valence-electron chi connectivity index (χ2n) is 4.17. The molecule has 1 atom stereocenters. The van der Waals surface area contributed by atoms with E-state index in [0.29, 0.717) is 5.69 Å². The zero-order valence-electron chi connectivity index (χ0n) is 10.7. The number of nitrogens with zero attached hydrogens (tertiary/aromatic N) is 1. The van der Waals surface area contributed by atoms with Crippen molar-refractivity contribution in [1.29, 1.82) is 0 Å². The Balaban J connectivity index is 2.21. The third-order valence-electron chi connectivity index (χ3n) is 2.87. The van der Waals surface area contributed by atoms with Crippen molar-refractivity contribution < 1.29 is 8.42 Å². The Bertz CT molecular complexity index is 620. The van der Waals surface area contributed by atoms with Crippen molar-refractivity contribution in [3.05, 3.63) is 42.2 Å². The van der Waals surface area contributed by atoms with Crippen LogP contribution in [0.4, 0.5) is 5.69 Å². The summed E-state index contributed by atoms with van der Waals surface area (Å²) >= 11 is 0. The van der Waals surface area contributed by atoms with Gasteiger partial charge >= 0.3 is 0 Å². The van der Waals surface area contributed by atoms with Gasteiger partial charge in [-0.05, 0) is 31.7 Å². The van der Waals surface area contributed by atoms with Crippen molar-refractivity contribution >= 4 is 15.7 Å². The molecule has 0 fully saturated rings. The molecule has 2 aromatic rings. The van der Waals surface area contributed by atoms with Gasteiger partial charge in [0.15, 0.2) is 0 Å². The van der Waals surface area contributed by atoms with Gasteiger partial charge in [-0.25, -0.2) is 8.42 Å². The lowest BCUT2D eigenvalue weighted by Gasteiger charge is -2.11. The van der Waals surface area contributed by atoms with Crippen molar-refractivity contribution in [3.8, 4) is 0 Å². The molecule has 19 heavy (non-hydrogen) atoms. The van der Waals surface area contributed by atoms with Crippen molar-refractivity contribution in [1.82, 2.24) is 15.5 Å². The van der Waals surface area contributed by atoms with Crippen LogP contribution in [0.3, 0.4) is 0 Å². The van der Waals surface area contributed by atoms with Gasteiger partial charge in [-0.3, -0.25) is 9.82 Å². The number of aromatic amines is 1. The minimum atomic E-state index is -3.56. The topological polar surface area (TPSA) is 86.9 Å². The van der Waals surface area contributed by atoms with Gasteiger partial charge in [0.2, 0.25) is 0 Å². The van der Waals surface area contributed by atoms with Crippen molar-refractivity contribution in [3.63, 3.8) is 0 Å². The average molecular weight is 280 g/mol. The van der Waals surface area contributed by atoms with Gasteiger partial charge in [0.25, 0.3) is 10.0 Å². The van der Waals surface area contributed by atoms with E-state index >= 15 is 0 Å². The van der Waals surface area contributed by atoms with E-state index in [9.17, 15) is 8.42 Å². The zero-order chi connectivity index (χ0) is 13.9. The van der Waals surface area contributed by atoms with Crippen LogP contribution >= 0.6 is 0 Å². The van der Waals surface area contributed by atoms with Crippen LogP contribution in [0.2, 0.25) is 0 Å². The van der Waals surface area contributed by atoms with Crippen LogP contribution < -0.4 is 10.0 Å². The summed E-state index contributed by atoms with van der Waals surface area (Å²) in [5, 5.41) is 9.34. The molecule has 0 aliphatic heterocycles. The molecule has 1 aromatic carbocycles. The van der Waals surface area contributed by atoms with Crippen molar-refractivity contribution in [2.75, 3.05) is 11.8 Å². The van der Waals surface area contributed by atoms with Gasteiger partial charge in [-0.2, -0.15) is 5.10 Å². The third kappa shape index (κ3) is 3.12. The molecule has 3 N–H and O–H groups in total. The molecule has 2 rings (SSSR count). The monoisotopic (exact) mass is 280 g/mol. The Labute approximate surface area is 112 Å². The molecule has 0 saturated heterocycles. The van der Waals surface area contributed by atoms with Gasteiger partial charge in [0, 0.05) is 12.2 Å². The van der Waals surface area contributed by atoms with E-state index in [0.717, 1.165) is 5.56 Å². The number of aromatic nitrogens is 2. The second-order valence-corrected chi connectivity index (χ2v) is 5.85. The van der Waals surface area contributed by atoms with E-state index in [2.05, 4.69) is 20.2 Å². The summed E-state index contributed by atoms with van der Waals surface area (Å²) in [6.45, 7) is 2.01. The Kier molecular flexibility index (Phi) is 3.87. The summed E-state index contributed by atoms with van der Waals surface area (Å²) in [5.41, 5.74) is 1.44. The fourth-order valence-corrected chi connectivity index (χ4v) is 2.66. The molecule has 1 unspecified atom stereocenters. The molecule has 6 nitrogen and oxygen atoms in total. The highest BCUT2D eigenvalue weighted by atomic mass is 32.2. The maximum Gasteiger partial charge on any atom is 0.261 e. The number of hydrogen-bond acceptors (Lipinski definition) is 4. The summed E-state index contributed by atoms with van der Waals surface area (Å²) in [5.74, 6) is 0. The highest BCUT2D eigenvalue weighted by Crippen LogP contribution is 2.18. The third-order valence-corrected chi connectivity index (χ3v) is 4.27. The quantitative estimate of drug-likeness (QED) is 0.774. The molecular formula is C12H16N4O2S. The molecule has 7 heteroatoms. The number of hydrogen-bond donors (Lipinski definition) is 3. The normalized spacial score (nSPS) is 13.2. The number of rotatable bonds is 5. The predicted octanol–water partition coefficient (Wildman–Crippen LogP) is 1.49. The standard InChI is InChI=1S/C12H16N4O2S/c1-9(13-2)10-3-5-12(6-4-10)19(17,18)16-11-7-14-15-8-11/h3-9,13,16H,1-2H3,(H,14,15). The smallest absolute Gasteiger partial charge is 0.261 e. The molecule has 0 saturated carbocycles. The van der Waals surface area contributed by atoms with Crippen LogP contribution in [0, 0.1) is 0 Å². The highest BCUT2D eigenvalue weighted by molar-refractivity contribution is 7.92. The van der Waals surface area contributed by atoms with E-state index in [4.69, 9.17) is 0 Å². The van der Waals surface area contributed by atoms with Gasteiger partial charge in [0.1, 0.15) is 0 Å². The first-order chi connectivity index (χ1) is 9.03. The fraction of sp³-hybridized carbons (Fsp3) is 0.250. The Morgan fingerprint density at radius 3 is 2.47 bits per heavy atom. The minimum Gasteiger partial charge on any atom is -0.313 e. The first kappa shape index (κ1) is 13.6. The molecule has 0 aliphatic rings. The largest absolute Gasteiger partial charge is 0.313 e. The van der Waals surface area contributed by atoms with Gasteiger partial charge in [-0.1, -0.05) is 12.1 Å². The molecular weight excluding hydrogens is 264 g/mol. The molecule has 102 valence electrons. The van der Waals surface area contributed by atoms with Gasteiger partial charge in [0.05, 0.1) is 16.8 Å². The van der Waals surface area contributed by atoms with Crippen molar-refractivity contribution in [2.24, 2.45) is 0 Å². The second kappa shape index (κ2) is 5.41. The number of nitrogens with one attached hydrogen (secondary N) is 3. The van der Waals surface area contributed by atoms with Crippen LogP contribution in [-0.4, -0.2) is 25.7 Å². The van der Waals surface area contributed by atoms with Crippen LogP contribution in [0.15, 0.2) is 41.6 Å². The van der Waals surface area contributed by atoms with E-state index in [1.807, 2.05) is 14.0 Å². The Morgan fingerprint density at radius 2 is 1.95 bits per heavy atom. The van der Waals surface area contributed by atoms with Crippen LogP contribution in [0.1, 0.15) is 18.5 Å². The molecule has 0 radical (unpaired) electrons. The minimum absolute atomic E-state index is 0.179. The average Bonchev–Trinajstić information content (AvgIpc) is 2.90. The van der Waals surface area contributed by atoms with Gasteiger partial charge in [-0.15, -0.1) is 0 Å². The molecule has 0 bridgehead atoms. The highest BCUT2D eigenvalue weighted by Gasteiger charge is 2.15. The van der Waals surface area contributed by atoms with E-state index < -0.39 is 10.0 Å². The summed E-state index contributed by atoms with van der Waals surface area (Å²) in [7, 11) is -1.71. The maximum atomic E-state index is 12.1. The summed E-state index contributed by atoms with van der Waals surface area (Å²) in [6, 6.07) is 6.95. The molecule has 1 heterocycles. The van der Waals surface area contributed by atoms with E-state index in [-0.39, 0.29) is 10.9 Å². The van der Waals surface area contributed by atoms with E-state index in [1.165, 1.54) is 12.4 Å². The first-order valence-corrected chi connectivity index (χ1v) is 7.30.